The number of carbonyl (C=O) groups is 1. The summed E-state index contributed by atoms with van der Waals surface area (Å²) >= 11 is 0. The Labute approximate surface area is 129 Å². The maximum atomic E-state index is 12.2. The molecule has 6 nitrogen and oxygen atoms in total. The number of nitrogens with one attached hydrogen (secondary N) is 2. The van der Waals surface area contributed by atoms with Crippen molar-refractivity contribution in [1.82, 2.24) is 20.4 Å². The van der Waals surface area contributed by atoms with Crippen molar-refractivity contribution in [1.29, 1.82) is 0 Å². The second-order valence-electron chi connectivity index (χ2n) is 5.89. The number of H-pyrrole nitrogens is 1. The van der Waals surface area contributed by atoms with Gasteiger partial charge in [0.25, 0.3) is 0 Å². The number of carbonyl (C=O) groups excluding carboxylic acids is 1. The third-order valence-electron chi connectivity index (χ3n) is 4.18. The van der Waals surface area contributed by atoms with Gasteiger partial charge in [0.1, 0.15) is 5.76 Å². The number of piperidine rings is 1. The van der Waals surface area contributed by atoms with Crippen LogP contribution in [0.5, 0.6) is 0 Å². The van der Waals surface area contributed by atoms with E-state index in [9.17, 15) is 4.79 Å². The third-order valence-corrected chi connectivity index (χ3v) is 4.18. The molecule has 0 aromatic carbocycles. The highest BCUT2D eigenvalue weighted by molar-refractivity contribution is 5.78. The molecule has 1 aliphatic heterocycles. The molecule has 0 spiro atoms. The first-order valence-corrected chi connectivity index (χ1v) is 7.77. The molecule has 0 bridgehead atoms. The number of aromatic nitrogens is 2. The first kappa shape index (κ1) is 14.8. The molecular weight excluding hydrogens is 280 g/mol. The van der Waals surface area contributed by atoms with Crippen LogP contribution in [0.3, 0.4) is 0 Å². The molecule has 2 aromatic heterocycles. The van der Waals surface area contributed by atoms with Gasteiger partial charge in [0.2, 0.25) is 5.91 Å². The fraction of sp³-hybridized carbons (Fsp3) is 0.500. The summed E-state index contributed by atoms with van der Waals surface area (Å²) in [6.45, 7) is 4.22. The summed E-state index contributed by atoms with van der Waals surface area (Å²) in [4.78, 5) is 14.4. The van der Waals surface area contributed by atoms with E-state index in [0.717, 1.165) is 37.4 Å². The molecule has 2 N–H and O–H groups in total. The zero-order valence-corrected chi connectivity index (χ0v) is 12.8. The van der Waals surface area contributed by atoms with E-state index in [0.29, 0.717) is 12.5 Å². The van der Waals surface area contributed by atoms with Crippen LogP contribution in [0.2, 0.25) is 0 Å². The smallest absolute Gasteiger partial charge is 0.234 e. The Morgan fingerprint density at radius 2 is 2.50 bits per heavy atom. The van der Waals surface area contributed by atoms with Gasteiger partial charge in [-0.15, -0.1) is 0 Å². The molecule has 0 radical (unpaired) electrons. The summed E-state index contributed by atoms with van der Waals surface area (Å²) in [5, 5.41) is 10.0. The number of hydrogen-bond donors (Lipinski definition) is 2. The maximum Gasteiger partial charge on any atom is 0.234 e. The first-order valence-electron chi connectivity index (χ1n) is 7.77. The molecule has 0 aliphatic carbocycles. The summed E-state index contributed by atoms with van der Waals surface area (Å²) in [7, 11) is 0. The number of hydrogen-bond acceptors (Lipinski definition) is 4. The number of aromatic amines is 1. The van der Waals surface area contributed by atoms with Gasteiger partial charge in [-0.3, -0.25) is 14.8 Å². The summed E-state index contributed by atoms with van der Waals surface area (Å²) in [5.41, 5.74) is 1.16. The lowest BCUT2D eigenvalue weighted by Gasteiger charge is -2.31. The van der Waals surface area contributed by atoms with Crippen molar-refractivity contribution in [3.05, 3.63) is 42.1 Å². The number of amides is 1. The SMILES string of the molecule is C[C@@H](NC(=O)CN1CCC[C@@H](c2ccn[nH]2)C1)c1ccco1. The van der Waals surface area contributed by atoms with Crippen LogP contribution in [0.1, 0.15) is 43.2 Å². The highest BCUT2D eigenvalue weighted by atomic mass is 16.3. The molecule has 2 aromatic rings. The van der Waals surface area contributed by atoms with Crippen LogP contribution in [0.25, 0.3) is 0 Å². The van der Waals surface area contributed by atoms with Crippen molar-refractivity contribution in [3.63, 3.8) is 0 Å². The molecular formula is C16H22N4O2. The largest absolute Gasteiger partial charge is 0.467 e. The zero-order chi connectivity index (χ0) is 15.4. The molecule has 3 rings (SSSR count). The molecule has 1 amide bonds. The van der Waals surface area contributed by atoms with Crippen LogP contribution in [0.15, 0.2) is 35.1 Å². The van der Waals surface area contributed by atoms with Crippen molar-refractivity contribution in [2.45, 2.75) is 31.7 Å². The van der Waals surface area contributed by atoms with Gasteiger partial charge in [0, 0.05) is 24.4 Å². The van der Waals surface area contributed by atoms with Crippen LogP contribution in [-0.4, -0.2) is 40.6 Å². The van der Waals surface area contributed by atoms with Crippen molar-refractivity contribution >= 4 is 5.91 Å². The molecule has 0 saturated carbocycles. The van der Waals surface area contributed by atoms with Gasteiger partial charge in [-0.05, 0) is 44.5 Å². The van der Waals surface area contributed by atoms with Crippen LogP contribution in [0, 0.1) is 0 Å². The van der Waals surface area contributed by atoms with E-state index < -0.39 is 0 Å². The van der Waals surface area contributed by atoms with E-state index in [1.165, 1.54) is 0 Å². The Kier molecular flexibility index (Phi) is 4.58. The predicted molar refractivity (Wildman–Crippen MR) is 82.3 cm³/mol. The first-order chi connectivity index (χ1) is 10.7. The summed E-state index contributed by atoms with van der Waals surface area (Å²) in [5.74, 6) is 1.25. The van der Waals surface area contributed by atoms with E-state index in [-0.39, 0.29) is 11.9 Å². The van der Waals surface area contributed by atoms with Gasteiger partial charge in [-0.2, -0.15) is 5.10 Å². The van der Waals surface area contributed by atoms with Crippen LogP contribution >= 0.6 is 0 Å². The molecule has 1 fully saturated rings. The molecule has 1 saturated heterocycles. The van der Waals surface area contributed by atoms with Crippen molar-refractivity contribution in [3.8, 4) is 0 Å². The topological polar surface area (TPSA) is 74.2 Å². The quantitative estimate of drug-likeness (QED) is 0.886. The Bertz CT molecular complexity index is 579. The summed E-state index contributed by atoms with van der Waals surface area (Å²) in [6, 6.07) is 5.63. The molecule has 3 heterocycles. The molecule has 0 unspecified atom stereocenters. The normalized spacial score (nSPS) is 20.7. The van der Waals surface area contributed by atoms with Gasteiger partial charge >= 0.3 is 0 Å². The van der Waals surface area contributed by atoms with E-state index in [1.807, 2.05) is 25.1 Å². The minimum absolute atomic E-state index is 0.0363. The molecule has 6 heteroatoms. The Morgan fingerprint density at radius 1 is 1.59 bits per heavy atom. The maximum absolute atomic E-state index is 12.2. The minimum atomic E-state index is -0.101. The average molecular weight is 302 g/mol. The molecule has 118 valence electrons. The number of likely N-dealkylation sites (tertiary alicyclic amines) is 1. The fourth-order valence-corrected chi connectivity index (χ4v) is 3.05. The standard InChI is InChI=1S/C16H22N4O2/c1-12(15-5-3-9-22-15)18-16(21)11-20-8-2-4-13(10-20)14-6-7-17-19-14/h3,5-7,9,12-13H,2,4,8,10-11H2,1H3,(H,17,19)(H,18,21)/t12-,13-/m1/s1. The zero-order valence-electron chi connectivity index (χ0n) is 12.8. The number of rotatable bonds is 5. The van der Waals surface area contributed by atoms with Crippen LogP contribution in [0.4, 0.5) is 0 Å². The highest BCUT2D eigenvalue weighted by Crippen LogP contribution is 2.25. The lowest BCUT2D eigenvalue weighted by Crippen LogP contribution is -2.42. The van der Waals surface area contributed by atoms with Gasteiger partial charge in [-0.1, -0.05) is 0 Å². The lowest BCUT2D eigenvalue weighted by molar-refractivity contribution is -0.123. The van der Waals surface area contributed by atoms with E-state index in [1.54, 1.807) is 12.5 Å². The van der Waals surface area contributed by atoms with E-state index in [2.05, 4.69) is 20.4 Å². The second kappa shape index (κ2) is 6.79. The van der Waals surface area contributed by atoms with Crippen LogP contribution < -0.4 is 5.32 Å². The Morgan fingerprint density at radius 3 is 3.23 bits per heavy atom. The Hall–Kier alpha value is -2.08. The average Bonchev–Trinajstić information content (AvgIpc) is 3.21. The summed E-state index contributed by atoms with van der Waals surface area (Å²) < 4.78 is 5.31. The van der Waals surface area contributed by atoms with Gasteiger partial charge in [0.05, 0.1) is 18.8 Å². The van der Waals surface area contributed by atoms with E-state index in [4.69, 9.17) is 4.42 Å². The fourth-order valence-electron chi connectivity index (χ4n) is 3.05. The van der Waals surface area contributed by atoms with Gasteiger partial charge in [0.15, 0.2) is 0 Å². The monoisotopic (exact) mass is 302 g/mol. The lowest BCUT2D eigenvalue weighted by atomic mass is 9.95. The predicted octanol–water partition coefficient (Wildman–Crippen LogP) is 2.06. The molecule has 1 aliphatic rings. The summed E-state index contributed by atoms with van der Waals surface area (Å²) in [6.07, 6.45) is 5.65. The van der Waals surface area contributed by atoms with Gasteiger partial charge in [-0.25, -0.2) is 0 Å². The molecule has 22 heavy (non-hydrogen) atoms. The van der Waals surface area contributed by atoms with Crippen molar-refractivity contribution < 1.29 is 9.21 Å². The second-order valence-corrected chi connectivity index (χ2v) is 5.89. The number of furan rings is 1. The van der Waals surface area contributed by atoms with Crippen molar-refractivity contribution in [2.24, 2.45) is 0 Å². The van der Waals surface area contributed by atoms with Gasteiger partial charge < -0.3 is 9.73 Å². The highest BCUT2D eigenvalue weighted by Gasteiger charge is 2.24. The number of nitrogens with zero attached hydrogens (tertiary/aromatic N) is 2. The van der Waals surface area contributed by atoms with Crippen molar-refractivity contribution in [2.75, 3.05) is 19.6 Å². The minimum Gasteiger partial charge on any atom is -0.467 e. The van der Waals surface area contributed by atoms with E-state index >= 15 is 0 Å². The third kappa shape index (κ3) is 3.57. The van der Waals surface area contributed by atoms with Crippen LogP contribution in [-0.2, 0) is 4.79 Å². The Balaban J connectivity index is 1.51. The molecule has 2 atom stereocenters.